The quantitative estimate of drug-likeness (QED) is 0.418. The minimum absolute atomic E-state index is 0.364. The molecule has 0 atom stereocenters. The molecule has 138 valence electrons. The van der Waals surface area contributed by atoms with Crippen LogP contribution in [0.25, 0.3) is 23.1 Å². The second-order valence-electron chi connectivity index (χ2n) is 5.72. The number of rotatable bonds is 5. The normalized spacial score (nSPS) is 11.0. The predicted molar refractivity (Wildman–Crippen MR) is 109 cm³/mol. The number of carbonyl (C=O) groups is 1. The molecule has 5 nitrogen and oxygen atoms in total. The van der Waals surface area contributed by atoms with Gasteiger partial charge in [-0.1, -0.05) is 40.2 Å². The van der Waals surface area contributed by atoms with Crippen LogP contribution < -0.4 is 14.2 Å². The molecule has 1 aromatic heterocycles. The highest BCUT2D eigenvalue weighted by atomic mass is 79.9. The first-order chi connectivity index (χ1) is 13.0. The highest BCUT2D eigenvalue weighted by Crippen LogP contribution is 2.34. The summed E-state index contributed by atoms with van der Waals surface area (Å²) in [4.78, 5) is 15.9. The zero-order chi connectivity index (χ0) is 19.4. The fourth-order valence-corrected chi connectivity index (χ4v) is 3.09. The molecule has 0 bridgehead atoms. The van der Waals surface area contributed by atoms with E-state index in [1.54, 1.807) is 19.2 Å². The third-order valence-electron chi connectivity index (χ3n) is 3.89. The molecule has 0 saturated carbocycles. The Labute approximate surface area is 165 Å². The summed E-state index contributed by atoms with van der Waals surface area (Å²) < 4.78 is 16.6. The molecule has 3 rings (SSSR count). The average Bonchev–Trinajstić information content (AvgIpc) is 2.66. The summed E-state index contributed by atoms with van der Waals surface area (Å²) in [5.41, 5.74) is 2.47. The number of aromatic nitrogens is 1. The second-order valence-corrected chi connectivity index (χ2v) is 6.57. The maximum atomic E-state index is 11.2. The lowest BCUT2D eigenvalue weighted by Crippen LogP contribution is -2.03. The Morgan fingerprint density at radius 3 is 2.48 bits per heavy atom. The molecular weight excluding hydrogens is 410 g/mol. The number of nitrogens with zero attached hydrogens (tertiary/aromatic N) is 1. The Morgan fingerprint density at radius 1 is 1.00 bits per heavy atom. The van der Waals surface area contributed by atoms with Gasteiger partial charge in [-0.25, -0.2) is 4.98 Å². The Hall–Kier alpha value is -2.86. The van der Waals surface area contributed by atoms with Gasteiger partial charge in [0, 0.05) is 16.8 Å². The third kappa shape index (κ3) is 4.28. The summed E-state index contributed by atoms with van der Waals surface area (Å²) in [7, 11) is 3.16. The van der Waals surface area contributed by atoms with Crippen molar-refractivity contribution in [3.63, 3.8) is 0 Å². The fraction of sp³-hybridized carbons (Fsp3) is 0.143. The van der Waals surface area contributed by atoms with E-state index in [1.165, 1.54) is 14.0 Å². The molecule has 3 aromatic rings. The maximum absolute atomic E-state index is 11.2. The standard InChI is InChI=1S/C21H18BrNO4/c1-13(24)27-20-12-17(22)15(11-19(20)26-3)8-10-16-9-7-14-5-4-6-18(25-2)21(14)23-16/h4-12H,1-3H3/b10-8+. The van der Waals surface area contributed by atoms with Crippen molar-refractivity contribution in [2.75, 3.05) is 14.2 Å². The molecule has 0 aliphatic rings. The van der Waals surface area contributed by atoms with E-state index in [4.69, 9.17) is 14.2 Å². The predicted octanol–water partition coefficient (Wildman–Crippen LogP) is 5.11. The van der Waals surface area contributed by atoms with E-state index < -0.39 is 5.97 Å². The monoisotopic (exact) mass is 427 g/mol. The van der Waals surface area contributed by atoms with Crippen molar-refractivity contribution in [2.45, 2.75) is 6.92 Å². The van der Waals surface area contributed by atoms with Crippen LogP contribution in [0.3, 0.4) is 0 Å². The van der Waals surface area contributed by atoms with E-state index >= 15 is 0 Å². The van der Waals surface area contributed by atoms with Gasteiger partial charge < -0.3 is 14.2 Å². The van der Waals surface area contributed by atoms with Crippen LogP contribution in [0.5, 0.6) is 17.2 Å². The van der Waals surface area contributed by atoms with Crippen LogP contribution in [-0.4, -0.2) is 25.2 Å². The molecule has 6 heteroatoms. The molecule has 0 saturated heterocycles. The van der Waals surface area contributed by atoms with Crippen molar-refractivity contribution in [3.05, 3.63) is 58.2 Å². The Bertz CT molecular complexity index is 1030. The smallest absolute Gasteiger partial charge is 0.308 e. The van der Waals surface area contributed by atoms with Gasteiger partial charge in [-0.3, -0.25) is 4.79 Å². The van der Waals surface area contributed by atoms with Gasteiger partial charge in [-0.2, -0.15) is 0 Å². The molecule has 0 unspecified atom stereocenters. The molecule has 27 heavy (non-hydrogen) atoms. The zero-order valence-corrected chi connectivity index (χ0v) is 16.7. The summed E-state index contributed by atoms with van der Waals surface area (Å²) in [5, 5.41) is 1.01. The number of esters is 1. The first kappa shape index (κ1) is 18.9. The van der Waals surface area contributed by atoms with Gasteiger partial charge in [-0.15, -0.1) is 0 Å². The third-order valence-corrected chi connectivity index (χ3v) is 4.58. The first-order valence-corrected chi connectivity index (χ1v) is 8.99. The fourth-order valence-electron chi connectivity index (χ4n) is 2.64. The molecule has 0 amide bonds. The summed E-state index contributed by atoms with van der Waals surface area (Å²) >= 11 is 3.50. The summed E-state index contributed by atoms with van der Waals surface area (Å²) in [5.74, 6) is 1.16. The van der Waals surface area contributed by atoms with E-state index in [1.807, 2.05) is 42.5 Å². The zero-order valence-electron chi connectivity index (χ0n) is 15.2. The molecule has 0 spiro atoms. The number of ether oxygens (including phenoxy) is 3. The number of carbonyl (C=O) groups excluding carboxylic acids is 1. The van der Waals surface area contributed by atoms with E-state index in [-0.39, 0.29) is 0 Å². The number of methoxy groups -OCH3 is 2. The topological polar surface area (TPSA) is 57.6 Å². The minimum Gasteiger partial charge on any atom is -0.494 e. The molecular formula is C21H18BrNO4. The number of hydrogen-bond donors (Lipinski definition) is 0. The lowest BCUT2D eigenvalue weighted by molar-refractivity contribution is -0.132. The van der Waals surface area contributed by atoms with Crippen LogP contribution in [0.2, 0.25) is 0 Å². The van der Waals surface area contributed by atoms with Crippen LogP contribution in [-0.2, 0) is 4.79 Å². The second kappa shape index (κ2) is 8.22. The average molecular weight is 428 g/mol. The van der Waals surface area contributed by atoms with Crippen molar-refractivity contribution in [3.8, 4) is 17.2 Å². The van der Waals surface area contributed by atoms with Crippen LogP contribution in [0.4, 0.5) is 0 Å². The van der Waals surface area contributed by atoms with Gasteiger partial charge in [0.15, 0.2) is 11.5 Å². The summed E-state index contributed by atoms with van der Waals surface area (Å²) in [6.07, 6.45) is 3.81. The lowest BCUT2D eigenvalue weighted by atomic mass is 10.1. The summed E-state index contributed by atoms with van der Waals surface area (Å²) in [6.45, 7) is 1.35. The van der Waals surface area contributed by atoms with Crippen molar-refractivity contribution in [2.24, 2.45) is 0 Å². The van der Waals surface area contributed by atoms with E-state index in [0.717, 1.165) is 32.4 Å². The van der Waals surface area contributed by atoms with E-state index in [9.17, 15) is 4.79 Å². The number of fused-ring (bicyclic) bond motifs is 1. The van der Waals surface area contributed by atoms with Crippen molar-refractivity contribution >= 4 is 45.0 Å². The molecule has 2 aromatic carbocycles. The number of para-hydroxylation sites is 1. The van der Waals surface area contributed by atoms with E-state index in [2.05, 4.69) is 20.9 Å². The van der Waals surface area contributed by atoms with Crippen molar-refractivity contribution in [1.82, 2.24) is 4.98 Å². The van der Waals surface area contributed by atoms with Crippen molar-refractivity contribution < 1.29 is 19.0 Å². The van der Waals surface area contributed by atoms with Crippen LogP contribution >= 0.6 is 15.9 Å². The number of halogens is 1. The summed E-state index contributed by atoms with van der Waals surface area (Å²) in [6, 6.07) is 13.3. The van der Waals surface area contributed by atoms with Crippen molar-refractivity contribution in [1.29, 1.82) is 0 Å². The number of benzene rings is 2. The van der Waals surface area contributed by atoms with Crippen LogP contribution in [0, 0.1) is 0 Å². The molecule has 0 aliphatic heterocycles. The molecule has 0 aliphatic carbocycles. The lowest BCUT2D eigenvalue weighted by Gasteiger charge is -2.10. The Morgan fingerprint density at radius 2 is 1.78 bits per heavy atom. The van der Waals surface area contributed by atoms with Crippen LogP contribution in [0.15, 0.2) is 46.9 Å². The van der Waals surface area contributed by atoms with E-state index in [0.29, 0.717) is 11.5 Å². The Balaban J connectivity index is 1.96. The molecule has 0 fully saturated rings. The highest BCUT2D eigenvalue weighted by Gasteiger charge is 2.11. The highest BCUT2D eigenvalue weighted by molar-refractivity contribution is 9.10. The van der Waals surface area contributed by atoms with Gasteiger partial charge in [0.1, 0.15) is 11.3 Å². The van der Waals surface area contributed by atoms with Gasteiger partial charge in [0.2, 0.25) is 0 Å². The molecule has 1 heterocycles. The van der Waals surface area contributed by atoms with Gasteiger partial charge in [-0.05, 0) is 35.9 Å². The molecule has 0 radical (unpaired) electrons. The molecule has 0 N–H and O–H groups in total. The maximum Gasteiger partial charge on any atom is 0.308 e. The first-order valence-electron chi connectivity index (χ1n) is 8.19. The van der Waals surface area contributed by atoms with Gasteiger partial charge in [0.25, 0.3) is 0 Å². The Kier molecular flexibility index (Phi) is 5.76. The van der Waals surface area contributed by atoms with Gasteiger partial charge >= 0.3 is 5.97 Å². The van der Waals surface area contributed by atoms with Gasteiger partial charge in [0.05, 0.1) is 19.9 Å². The number of pyridine rings is 1. The van der Waals surface area contributed by atoms with Crippen LogP contribution in [0.1, 0.15) is 18.2 Å². The largest absolute Gasteiger partial charge is 0.494 e. The number of hydrogen-bond acceptors (Lipinski definition) is 5. The minimum atomic E-state index is -0.405. The SMILES string of the molecule is COc1cc(/C=C/c2ccc3cccc(OC)c3n2)c(Br)cc1OC(C)=O.